The van der Waals surface area contributed by atoms with E-state index in [1.54, 1.807) is 0 Å². The predicted molar refractivity (Wildman–Crippen MR) is 71.0 cm³/mol. The minimum atomic E-state index is -4.84. The van der Waals surface area contributed by atoms with Gasteiger partial charge >= 0.3 is 18.1 Å². The number of rotatable bonds is 4. The van der Waals surface area contributed by atoms with Crippen LogP contribution in [0.3, 0.4) is 0 Å². The first-order chi connectivity index (χ1) is 10.1. The maximum Gasteiger partial charge on any atom is 0.417 e. The molecule has 0 saturated carbocycles. The molecule has 0 spiro atoms. The Labute approximate surface area is 131 Å². The van der Waals surface area contributed by atoms with Gasteiger partial charge in [-0.15, -0.1) is 0 Å². The van der Waals surface area contributed by atoms with Crippen LogP contribution >= 0.6 is 15.9 Å². The number of ketones is 1. The van der Waals surface area contributed by atoms with E-state index >= 15 is 0 Å². The molecule has 5 nitrogen and oxygen atoms in total. The minimum absolute atomic E-state index is 0.0871. The summed E-state index contributed by atoms with van der Waals surface area (Å²) in [6.45, 7) is 0. The Hall–Kier alpha value is -1.90. The minimum Gasteiger partial charge on any atom is -0.468 e. The van der Waals surface area contributed by atoms with Gasteiger partial charge in [0.05, 0.1) is 19.8 Å². The van der Waals surface area contributed by atoms with Crippen molar-refractivity contribution in [3.05, 3.63) is 33.8 Å². The summed E-state index contributed by atoms with van der Waals surface area (Å²) >= 11 is 2.87. The molecule has 0 amide bonds. The van der Waals surface area contributed by atoms with E-state index in [1.807, 2.05) is 0 Å². The standard InChI is InChI=1S/C13H10BrF3O5/c1-21-11(19)9(12(20)22-2)10(18)7-4-3-6(14)5-8(7)13(15,16)17/h3-5,9H,1-2H3. The van der Waals surface area contributed by atoms with Gasteiger partial charge in [0.1, 0.15) is 0 Å². The second-order valence-electron chi connectivity index (χ2n) is 4.03. The van der Waals surface area contributed by atoms with Crippen molar-refractivity contribution in [3.63, 3.8) is 0 Å². The zero-order chi connectivity index (χ0) is 17.1. The van der Waals surface area contributed by atoms with Crippen molar-refractivity contribution in [1.82, 2.24) is 0 Å². The van der Waals surface area contributed by atoms with Crippen LogP contribution < -0.4 is 0 Å². The fraction of sp³-hybridized carbons (Fsp3) is 0.308. The Kier molecular flexibility index (Phi) is 5.70. The largest absolute Gasteiger partial charge is 0.468 e. The average molecular weight is 383 g/mol. The van der Waals surface area contributed by atoms with Gasteiger partial charge in [0.2, 0.25) is 5.92 Å². The van der Waals surface area contributed by atoms with Crippen molar-refractivity contribution in [2.75, 3.05) is 14.2 Å². The van der Waals surface area contributed by atoms with Gasteiger partial charge in [0, 0.05) is 10.0 Å². The first-order valence-corrected chi connectivity index (χ1v) is 6.49. The number of carbonyl (C=O) groups is 3. The molecule has 0 bridgehead atoms. The number of methoxy groups -OCH3 is 2. The van der Waals surface area contributed by atoms with Crippen LogP contribution in [0.4, 0.5) is 13.2 Å². The molecule has 0 fully saturated rings. The molecule has 1 rings (SSSR count). The van der Waals surface area contributed by atoms with Gasteiger partial charge in [0.25, 0.3) is 0 Å². The summed E-state index contributed by atoms with van der Waals surface area (Å²) in [7, 11) is 1.80. The van der Waals surface area contributed by atoms with Crippen LogP contribution in [-0.4, -0.2) is 31.9 Å². The van der Waals surface area contributed by atoms with E-state index in [9.17, 15) is 27.6 Å². The molecule has 22 heavy (non-hydrogen) atoms. The highest BCUT2D eigenvalue weighted by atomic mass is 79.9. The number of benzene rings is 1. The number of carbonyl (C=O) groups excluding carboxylic acids is 3. The van der Waals surface area contributed by atoms with E-state index in [0.717, 1.165) is 20.3 Å². The highest BCUT2D eigenvalue weighted by Gasteiger charge is 2.42. The number of ether oxygens (including phenoxy) is 2. The smallest absolute Gasteiger partial charge is 0.417 e. The fourth-order valence-corrected chi connectivity index (χ4v) is 2.03. The molecule has 0 radical (unpaired) electrons. The van der Waals surface area contributed by atoms with Crippen molar-refractivity contribution in [2.45, 2.75) is 6.18 Å². The van der Waals surface area contributed by atoms with Crippen LogP contribution in [0.25, 0.3) is 0 Å². The normalized spacial score (nSPS) is 11.2. The molecule has 0 atom stereocenters. The third kappa shape index (κ3) is 3.85. The van der Waals surface area contributed by atoms with Crippen LogP contribution in [0.15, 0.2) is 22.7 Å². The van der Waals surface area contributed by atoms with Gasteiger partial charge in [0.15, 0.2) is 5.78 Å². The van der Waals surface area contributed by atoms with Crippen molar-refractivity contribution < 1.29 is 37.0 Å². The van der Waals surface area contributed by atoms with E-state index in [0.29, 0.717) is 6.07 Å². The van der Waals surface area contributed by atoms with Gasteiger partial charge in [-0.1, -0.05) is 15.9 Å². The molecule has 120 valence electrons. The Balaban J connectivity index is 3.43. The Morgan fingerprint density at radius 2 is 1.59 bits per heavy atom. The summed E-state index contributed by atoms with van der Waals surface area (Å²) in [5.41, 5.74) is -2.10. The van der Waals surface area contributed by atoms with Crippen molar-refractivity contribution in [3.8, 4) is 0 Å². The molecule has 0 aliphatic rings. The van der Waals surface area contributed by atoms with E-state index in [-0.39, 0.29) is 4.47 Å². The lowest BCUT2D eigenvalue weighted by Crippen LogP contribution is -2.35. The first kappa shape index (κ1) is 18.1. The average Bonchev–Trinajstić information content (AvgIpc) is 2.45. The summed E-state index contributed by atoms with van der Waals surface area (Å²) in [6.07, 6.45) is -4.84. The van der Waals surface area contributed by atoms with Crippen LogP contribution in [0.5, 0.6) is 0 Å². The summed E-state index contributed by atoms with van der Waals surface area (Å²) in [5.74, 6) is -6.06. The molecule has 0 N–H and O–H groups in total. The van der Waals surface area contributed by atoms with Gasteiger partial charge < -0.3 is 9.47 Å². The Morgan fingerprint density at radius 3 is 2.00 bits per heavy atom. The van der Waals surface area contributed by atoms with Crippen LogP contribution in [-0.2, 0) is 25.2 Å². The van der Waals surface area contributed by atoms with Crippen LogP contribution in [0, 0.1) is 5.92 Å². The number of Topliss-reactive ketones (excluding diaryl/α,β-unsaturated/α-hetero) is 1. The van der Waals surface area contributed by atoms with E-state index in [1.165, 1.54) is 6.07 Å². The zero-order valence-corrected chi connectivity index (χ0v) is 12.9. The molecule has 0 aliphatic heterocycles. The molecule has 0 saturated heterocycles. The molecule has 0 unspecified atom stereocenters. The first-order valence-electron chi connectivity index (χ1n) is 5.70. The van der Waals surface area contributed by atoms with Crippen molar-refractivity contribution in [2.24, 2.45) is 5.92 Å². The lowest BCUT2D eigenvalue weighted by molar-refractivity contribution is -0.156. The molecular formula is C13H10BrF3O5. The molecule has 1 aromatic rings. The number of esters is 2. The number of alkyl halides is 3. The Bertz CT molecular complexity index is 596. The second-order valence-corrected chi connectivity index (χ2v) is 4.95. The van der Waals surface area contributed by atoms with E-state index in [2.05, 4.69) is 25.4 Å². The summed E-state index contributed by atoms with van der Waals surface area (Å²) < 4.78 is 47.7. The van der Waals surface area contributed by atoms with Gasteiger partial charge in [-0.25, -0.2) is 0 Å². The maximum atomic E-state index is 13.0. The van der Waals surface area contributed by atoms with Crippen molar-refractivity contribution >= 4 is 33.7 Å². The Morgan fingerprint density at radius 1 is 1.09 bits per heavy atom. The zero-order valence-electron chi connectivity index (χ0n) is 11.4. The number of halogens is 4. The predicted octanol–water partition coefficient (Wildman–Crippen LogP) is 2.61. The summed E-state index contributed by atoms with van der Waals surface area (Å²) in [6, 6.07) is 2.74. The summed E-state index contributed by atoms with van der Waals surface area (Å²) in [4.78, 5) is 35.2. The molecule has 9 heteroatoms. The third-order valence-corrected chi connectivity index (χ3v) is 3.18. The lowest BCUT2D eigenvalue weighted by atomic mass is 9.93. The number of hydrogen-bond donors (Lipinski definition) is 0. The molecule has 0 heterocycles. The van der Waals surface area contributed by atoms with Crippen LogP contribution in [0.1, 0.15) is 15.9 Å². The molecule has 1 aromatic carbocycles. The van der Waals surface area contributed by atoms with Crippen molar-refractivity contribution in [1.29, 1.82) is 0 Å². The quantitative estimate of drug-likeness (QED) is 0.454. The summed E-state index contributed by atoms with van der Waals surface area (Å²) in [5, 5.41) is 0. The lowest BCUT2D eigenvalue weighted by Gasteiger charge is -2.16. The van der Waals surface area contributed by atoms with Crippen LogP contribution in [0.2, 0.25) is 0 Å². The van der Waals surface area contributed by atoms with E-state index < -0.39 is 40.9 Å². The molecule has 0 aliphatic carbocycles. The molecular weight excluding hydrogens is 373 g/mol. The van der Waals surface area contributed by atoms with E-state index in [4.69, 9.17) is 0 Å². The maximum absolute atomic E-state index is 13.0. The fourth-order valence-electron chi connectivity index (χ4n) is 1.67. The second kappa shape index (κ2) is 6.91. The van der Waals surface area contributed by atoms with Gasteiger partial charge in [-0.2, -0.15) is 13.2 Å². The SMILES string of the molecule is COC(=O)C(C(=O)OC)C(=O)c1ccc(Br)cc1C(F)(F)F. The van der Waals surface area contributed by atoms with Gasteiger partial charge in [-0.05, 0) is 18.2 Å². The third-order valence-electron chi connectivity index (χ3n) is 2.69. The highest BCUT2D eigenvalue weighted by Crippen LogP contribution is 2.35. The molecule has 0 aromatic heterocycles. The number of hydrogen-bond acceptors (Lipinski definition) is 5. The van der Waals surface area contributed by atoms with Gasteiger partial charge in [-0.3, -0.25) is 14.4 Å². The monoisotopic (exact) mass is 382 g/mol. The topological polar surface area (TPSA) is 69.7 Å². The highest BCUT2D eigenvalue weighted by molar-refractivity contribution is 9.10.